The zero-order valence-corrected chi connectivity index (χ0v) is 15.0. The van der Waals surface area contributed by atoms with E-state index < -0.39 is 5.60 Å². The number of carbonyl (C=O) groups is 1. The standard InChI is InChI=1S/C19H25N3O2/c1-13-6-8-17(22(12-13)18(23)24-19(2,3)4)14-7-9-16-15(10-14)11-20-21(16)5/h7-11,13H,6,12H2,1-5H3. The lowest BCUT2D eigenvalue weighted by Crippen LogP contribution is -2.39. The molecule has 2 heterocycles. The smallest absolute Gasteiger partial charge is 0.414 e. The fourth-order valence-corrected chi connectivity index (χ4v) is 2.99. The third-order valence-corrected chi connectivity index (χ3v) is 4.15. The maximum atomic E-state index is 12.7. The number of hydrogen-bond acceptors (Lipinski definition) is 3. The van der Waals surface area contributed by atoms with Crippen molar-refractivity contribution in [3.8, 4) is 0 Å². The highest BCUT2D eigenvalue weighted by Crippen LogP contribution is 2.30. The Morgan fingerprint density at radius 1 is 1.33 bits per heavy atom. The monoisotopic (exact) mass is 327 g/mol. The molecule has 1 aliphatic heterocycles. The van der Waals surface area contributed by atoms with Crippen LogP contribution < -0.4 is 0 Å². The van der Waals surface area contributed by atoms with Gasteiger partial charge in [-0.15, -0.1) is 0 Å². The van der Waals surface area contributed by atoms with E-state index in [4.69, 9.17) is 4.74 Å². The van der Waals surface area contributed by atoms with Gasteiger partial charge in [0, 0.05) is 19.0 Å². The van der Waals surface area contributed by atoms with Crippen LogP contribution in [0.25, 0.3) is 16.6 Å². The van der Waals surface area contributed by atoms with Crippen molar-refractivity contribution in [1.29, 1.82) is 0 Å². The normalized spacial score (nSPS) is 18.6. The Bertz CT molecular complexity index is 799. The first kappa shape index (κ1) is 16.6. The largest absolute Gasteiger partial charge is 0.443 e. The van der Waals surface area contributed by atoms with Gasteiger partial charge >= 0.3 is 6.09 Å². The maximum Gasteiger partial charge on any atom is 0.414 e. The summed E-state index contributed by atoms with van der Waals surface area (Å²) in [4.78, 5) is 14.4. The minimum atomic E-state index is -0.504. The van der Waals surface area contributed by atoms with Crippen molar-refractivity contribution in [2.24, 2.45) is 13.0 Å². The van der Waals surface area contributed by atoms with Crippen molar-refractivity contribution in [3.05, 3.63) is 36.0 Å². The van der Waals surface area contributed by atoms with Crippen molar-refractivity contribution in [3.63, 3.8) is 0 Å². The van der Waals surface area contributed by atoms with Crippen LogP contribution in [0.15, 0.2) is 30.5 Å². The molecule has 24 heavy (non-hydrogen) atoms. The second kappa shape index (κ2) is 5.96. The predicted octanol–water partition coefficient (Wildman–Crippen LogP) is 4.19. The molecule has 0 saturated heterocycles. The number of carbonyl (C=O) groups excluding carboxylic acids is 1. The molecule has 1 amide bonds. The number of fused-ring (bicyclic) bond motifs is 1. The lowest BCUT2D eigenvalue weighted by molar-refractivity contribution is 0.0327. The van der Waals surface area contributed by atoms with Gasteiger partial charge in [0.25, 0.3) is 0 Å². The molecule has 1 atom stereocenters. The fourth-order valence-electron chi connectivity index (χ4n) is 2.99. The highest BCUT2D eigenvalue weighted by atomic mass is 16.6. The van der Waals surface area contributed by atoms with Gasteiger partial charge in [-0.25, -0.2) is 4.79 Å². The fraction of sp³-hybridized carbons (Fsp3) is 0.474. The quantitative estimate of drug-likeness (QED) is 0.789. The molecule has 1 aromatic carbocycles. The molecule has 0 saturated carbocycles. The van der Waals surface area contributed by atoms with Crippen molar-refractivity contribution in [2.75, 3.05) is 6.54 Å². The number of rotatable bonds is 1. The molecule has 0 bridgehead atoms. The number of hydrogen-bond donors (Lipinski definition) is 0. The Morgan fingerprint density at radius 3 is 2.79 bits per heavy atom. The van der Waals surface area contributed by atoms with Crippen LogP contribution in [0, 0.1) is 5.92 Å². The molecule has 3 rings (SSSR count). The number of aryl methyl sites for hydroxylation is 1. The van der Waals surface area contributed by atoms with Crippen LogP contribution in [0.5, 0.6) is 0 Å². The van der Waals surface area contributed by atoms with Crippen LogP contribution in [0.2, 0.25) is 0 Å². The minimum absolute atomic E-state index is 0.286. The van der Waals surface area contributed by atoms with Gasteiger partial charge in [0.15, 0.2) is 0 Å². The highest BCUT2D eigenvalue weighted by Gasteiger charge is 2.29. The van der Waals surface area contributed by atoms with Gasteiger partial charge in [0.1, 0.15) is 5.60 Å². The van der Waals surface area contributed by atoms with Crippen LogP contribution >= 0.6 is 0 Å². The predicted molar refractivity (Wildman–Crippen MR) is 95.4 cm³/mol. The number of amides is 1. The summed E-state index contributed by atoms with van der Waals surface area (Å²) in [6, 6.07) is 6.18. The van der Waals surface area contributed by atoms with Gasteiger partial charge in [0.05, 0.1) is 17.4 Å². The van der Waals surface area contributed by atoms with E-state index in [9.17, 15) is 4.79 Å². The SMILES string of the molecule is CC1CC=C(c2ccc3c(cnn3C)c2)N(C(=O)OC(C)(C)C)C1. The first-order chi connectivity index (χ1) is 11.2. The first-order valence-corrected chi connectivity index (χ1v) is 8.37. The second-order valence-corrected chi connectivity index (χ2v) is 7.56. The summed E-state index contributed by atoms with van der Waals surface area (Å²) in [5, 5.41) is 5.36. The molecule has 5 heteroatoms. The summed E-state index contributed by atoms with van der Waals surface area (Å²) < 4.78 is 7.45. The molecule has 0 aliphatic carbocycles. The summed E-state index contributed by atoms with van der Waals surface area (Å²) >= 11 is 0. The Labute approximate surface area is 142 Å². The molecule has 0 fully saturated rings. The first-order valence-electron chi connectivity index (χ1n) is 8.37. The molecular weight excluding hydrogens is 302 g/mol. The Balaban J connectivity index is 1.96. The van der Waals surface area contributed by atoms with Crippen molar-refractivity contribution in [2.45, 2.75) is 39.7 Å². The Morgan fingerprint density at radius 2 is 2.08 bits per heavy atom. The van der Waals surface area contributed by atoms with E-state index in [2.05, 4.69) is 24.2 Å². The molecule has 0 spiro atoms. The zero-order valence-electron chi connectivity index (χ0n) is 15.0. The van der Waals surface area contributed by atoms with Gasteiger partial charge in [-0.3, -0.25) is 9.58 Å². The lowest BCUT2D eigenvalue weighted by atomic mass is 9.98. The van der Waals surface area contributed by atoms with Crippen LogP contribution in [0.3, 0.4) is 0 Å². The molecule has 1 aliphatic rings. The highest BCUT2D eigenvalue weighted by molar-refractivity contribution is 5.87. The van der Waals surface area contributed by atoms with E-state index in [1.54, 1.807) is 4.90 Å². The van der Waals surface area contributed by atoms with Crippen LogP contribution in [0.1, 0.15) is 39.7 Å². The molecule has 128 valence electrons. The van der Waals surface area contributed by atoms with E-state index >= 15 is 0 Å². The minimum Gasteiger partial charge on any atom is -0.443 e. The Hall–Kier alpha value is -2.30. The molecule has 1 unspecified atom stereocenters. The van der Waals surface area contributed by atoms with E-state index in [0.717, 1.165) is 28.6 Å². The van der Waals surface area contributed by atoms with Crippen molar-refractivity contribution in [1.82, 2.24) is 14.7 Å². The summed E-state index contributed by atoms with van der Waals surface area (Å²) in [5.41, 5.74) is 2.52. The summed E-state index contributed by atoms with van der Waals surface area (Å²) in [7, 11) is 1.93. The number of nitrogens with zero attached hydrogens (tertiary/aromatic N) is 3. The zero-order chi connectivity index (χ0) is 17.5. The van der Waals surface area contributed by atoms with Gasteiger partial charge in [-0.1, -0.05) is 19.1 Å². The van der Waals surface area contributed by atoms with Crippen LogP contribution in [-0.4, -0.2) is 32.9 Å². The number of allylic oxidation sites excluding steroid dienone is 1. The van der Waals surface area contributed by atoms with Gasteiger partial charge in [0.2, 0.25) is 0 Å². The molecule has 5 nitrogen and oxygen atoms in total. The third kappa shape index (κ3) is 3.30. The average molecular weight is 327 g/mol. The number of ether oxygens (including phenoxy) is 1. The van der Waals surface area contributed by atoms with E-state index in [1.807, 2.05) is 50.8 Å². The van der Waals surface area contributed by atoms with Crippen molar-refractivity contribution < 1.29 is 9.53 Å². The molecule has 2 aromatic rings. The van der Waals surface area contributed by atoms with E-state index in [1.165, 1.54) is 0 Å². The van der Waals surface area contributed by atoms with Gasteiger partial charge in [-0.2, -0.15) is 5.10 Å². The van der Waals surface area contributed by atoms with E-state index in [-0.39, 0.29) is 6.09 Å². The summed E-state index contributed by atoms with van der Waals surface area (Å²) in [6.07, 6.45) is 4.66. The van der Waals surface area contributed by atoms with Crippen LogP contribution in [-0.2, 0) is 11.8 Å². The van der Waals surface area contributed by atoms with Crippen molar-refractivity contribution >= 4 is 22.7 Å². The number of benzene rings is 1. The molecule has 0 N–H and O–H groups in total. The maximum absolute atomic E-state index is 12.7. The molecular formula is C19H25N3O2. The summed E-state index contributed by atoms with van der Waals surface area (Å²) in [6.45, 7) is 8.50. The topological polar surface area (TPSA) is 47.4 Å². The molecule has 1 aromatic heterocycles. The third-order valence-electron chi connectivity index (χ3n) is 4.15. The lowest BCUT2D eigenvalue weighted by Gasteiger charge is -2.34. The number of aromatic nitrogens is 2. The van der Waals surface area contributed by atoms with E-state index in [0.29, 0.717) is 12.5 Å². The Kier molecular flexibility index (Phi) is 4.11. The average Bonchev–Trinajstić information content (AvgIpc) is 2.86. The summed E-state index contributed by atoms with van der Waals surface area (Å²) in [5.74, 6) is 0.420. The van der Waals surface area contributed by atoms with Crippen LogP contribution in [0.4, 0.5) is 4.79 Å². The second-order valence-electron chi connectivity index (χ2n) is 7.56. The molecule has 0 radical (unpaired) electrons. The van der Waals surface area contributed by atoms with Gasteiger partial charge in [-0.05, 0) is 50.8 Å². The van der Waals surface area contributed by atoms with Gasteiger partial charge < -0.3 is 4.74 Å².